The molecule has 0 aliphatic heterocycles. The van der Waals surface area contributed by atoms with E-state index in [0.29, 0.717) is 5.92 Å². The molecule has 7 aromatic rings. The molecule has 2 radical (unpaired) electrons. The van der Waals surface area contributed by atoms with Crippen molar-refractivity contribution >= 4 is 56.3 Å². The van der Waals surface area contributed by atoms with Gasteiger partial charge in [0.2, 0.25) is 0 Å². The molecule has 0 spiro atoms. The van der Waals surface area contributed by atoms with Crippen LogP contribution in [0.5, 0.6) is 0 Å². The van der Waals surface area contributed by atoms with Gasteiger partial charge in [-0.05, 0) is 91.5 Å². The van der Waals surface area contributed by atoms with Gasteiger partial charge in [-0.1, -0.05) is 134 Å². The molecule has 0 bridgehead atoms. The normalized spacial score (nSPS) is 12.4. The molecule has 15 heteroatoms. The molecule has 0 saturated heterocycles. The molecule has 0 saturated carbocycles. The van der Waals surface area contributed by atoms with Crippen LogP contribution in [0.1, 0.15) is 48.9 Å². The Bertz CT molecular complexity index is 2340. The molecule has 7 aromatic carbocycles. The van der Waals surface area contributed by atoms with E-state index in [4.69, 9.17) is 0 Å². The second-order valence-electron chi connectivity index (χ2n) is 14.4. The van der Waals surface area contributed by atoms with Crippen molar-refractivity contribution in [2.45, 2.75) is 63.5 Å². The fraction of sp³-hybridized carbons (Fsp3) is 0.122. The fourth-order valence-electron chi connectivity index (χ4n) is 5.74. The van der Waals surface area contributed by atoms with Crippen LogP contribution in [0.3, 0.4) is 0 Å². The Labute approximate surface area is 380 Å². The summed E-state index contributed by atoms with van der Waals surface area (Å²) in [4.78, 5) is 6.58. The summed E-state index contributed by atoms with van der Waals surface area (Å²) < 4.78 is 111. The maximum absolute atomic E-state index is 12.3. The van der Waals surface area contributed by atoms with Crippen LogP contribution in [-0.4, -0.2) is 28.1 Å². The summed E-state index contributed by atoms with van der Waals surface area (Å²) in [6, 6.07) is 58.6. The Balaban J connectivity index is 0.000000252. The predicted molar refractivity (Wildman–Crippen MR) is 238 cm³/mol. The minimum Gasteiger partial charge on any atom is -0.0901 e. The first-order valence-corrected chi connectivity index (χ1v) is 26.0. The summed E-state index contributed by atoms with van der Waals surface area (Å²) in [7, 11) is 4.48. The van der Waals surface area contributed by atoms with Gasteiger partial charge in [0.25, 0.3) is 0 Å². The smallest absolute Gasteiger partial charge is 0.0901 e. The average Bonchev–Trinajstić information content (AvgIpc) is 3.26. The minimum atomic E-state index is -9.19. The van der Waals surface area contributed by atoms with Crippen molar-refractivity contribution in [3.63, 3.8) is 0 Å². The SMILES string of the molecule is [B]c1c(F)c(F)c(F)c(F)c1F.[CH2+]C(C)(c1ccc(C)cc1)c1ccc(C(C)C)cc1.[F-].[F][Sb]([F])([F])([F])[F].c1ccc(Sc2ccc([S+](c3ccccc3)c3ccccc3)cc2)cc1. The largest absolute Gasteiger partial charge is 0.166 e. The van der Waals surface area contributed by atoms with E-state index in [-0.39, 0.29) is 21.0 Å². The molecule has 1 unspecified atom stereocenters. The van der Waals surface area contributed by atoms with E-state index in [1.54, 1.807) is 11.8 Å². The first-order chi connectivity index (χ1) is 29.5. The van der Waals surface area contributed by atoms with Gasteiger partial charge in [0, 0.05) is 20.9 Å². The summed E-state index contributed by atoms with van der Waals surface area (Å²) in [5.74, 6) is -9.72. The van der Waals surface area contributed by atoms with Crippen LogP contribution in [0.2, 0.25) is 0 Å². The Kier molecular flexibility index (Phi) is 19.6. The number of benzene rings is 7. The van der Waals surface area contributed by atoms with Crippen LogP contribution in [0.4, 0.5) is 36.0 Å². The molecule has 0 heterocycles. The Morgan fingerprint density at radius 2 is 0.844 bits per heavy atom. The van der Waals surface area contributed by atoms with Gasteiger partial charge >= 0.3 is 34.4 Å². The van der Waals surface area contributed by atoms with Gasteiger partial charge in [-0.3, -0.25) is 0 Å². The first-order valence-electron chi connectivity index (χ1n) is 19.1. The van der Waals surface area contributed by atoms with Crippen LogP contribution < -0.4 is 10.2 Å². The number of hydrogen-bond donors (Lipinski definition) is 0. The molecule has 0 aromatic heterocycles. The van der Waals surface area contributed by atoms with Crippen molar-refractivity contribution in [2.75, 3.05) is 0 Å². The van der Waals surface area contributed by atoms with Crippen molar-refractivity contribution in [1.29, 1.82) is 0 Å². The molecule has 7 rings (SSSR count). The Morgan fingerprint density at radius 1 is 0.516 bits per heavy atom. The van der Waals surface area contributed by atoms with Crippen molar-refractivity contribution < 1.29 is 40.7 Å². The van der Waals surface area contributed by atoms with E-state index in [1.165, 1.54) is 46.7 Å². The maximum atomic E-state index is 12.3. The number of rotatable bonds is 8. The maximum Gasteiger partial charge on any atom is 0.166 e. The summed E-state index contributed by atoms with van der Waals surface area (Å²) in [6.45, 7) is 13.2. The first kappa shape index (κ1) is 53.6. The summed E-state index contributed by atoms with van der Waals surface area (Å²) in [5, 5.41) is 0. The van der Waals surface area contributed by atoms with Crippen molar-refractivity contribution in [3.8, 4) is 0 Å². The van der Waals surface area contributed by atoms with E-state index in [1.807, 2.05) is 0 Å². The third kappa shape index (κ3) is 16.3. The molecule has 0 amide bonds. The molecule has 0 N–H and O–H groups in total. The molecular formula is C49H42BF11S2Sb+. The Hall–Kier alpha value is -4.78. The van der Waals surface area contributed by atoms with Crippen LogP contribution in [0.25, 0.3) is 0 Å². The van der Waals surface area contributed by atoms with E-state index < -0.39 is 54.8 Å². The molecular weight excluding hydrogens is 994 g/mol. The number of aryl methyl sites for hydroxylation is 1. The van der Waals surface area contributed by atoms with Crippen LogP contribution >= 0.6 is 11.8 Å². The third-order valence-electron chi connectivity index (χ3n) is 9.14. The van der Waals surface area contributed by atoms with Gasteiger partial charge in [0.05, 0.1) is 17.8 Å². The second-order valence-corrected chi connectivity index (χ2v) is 21.2. The predicted octanol–water partition coefficient (Wildman–Crippen LogP) is 12.1. The molecule has 0 fully saturated rings. The van der Waals surface area contributed by atoms with Gasteiger partial charge in [-0.15, -0.1) is 0 Å². The van der Waals surface area contributed by atoms with E-state index >= 15 is 0 Å². The third-order valence-corrected chi connectivity index (χ3v) is 12.4. The molecule has 0 nitrogen and oxygen atoms in total. The van der Waals surface area contributed by atoms with Gasteiger partial charge < -0.3 is 4.70 Å². The number of hydrogen-bond acceptors (Lipinski definition) is 1. The van der Waals surface area contributed by atoms with Gasteiger partial charge in [-0.25, -0.2) is 22.0 Å². The zero-order chi connectivity index (χ0) is 46.6. The molecule has 334 valence electrons. The summed E-state index contributed by atoms with van der Waals surface area (Å²) >= 11 is -7.39. The quantitative estimate of drug-likeness (QED) is 0.0365. The van der Waals surface area contributed by atoms with Crippen LogP contribution in [0.15, 0.2) is 188 Å². The average molecular weight is 1040 g/mol. The molecule has 0 aliphatic rings. The van der Waals surface area contributed by atoms with Crippen LogP contribution in [0, 0.1) is 42.9 Å². The summed E-state index contributed by atoms with van der Waals surface area (Å²) in [5.41, 5.74) is 3.63. The zero-order valence-electron chi connectivity index (χ0n) is 34.9. The van der Waals surface area contributed by atoms with Gasteiger partial charge in [0.1, 0.15) is 7.85 Å². The van der Waals surface area contributed by atoms with Crippen molar-refractivity contribution in [3.05, 3.63) is 222 Å². The van der Waals surface area contributed by atoms with Gasteiger partial charge in [0.15, 0.2) is 49.2 Å². The topological polar surface area (TPSA) is 0 Å². The van der Waals surface area contributed by atoms with Gasteiger partial charge in [-0.2, -0.15) is 0 Å². The minimum absolute atomic E-state index is 0. The molecule has 64 heavy (non-hydrogen) atoms. The standard InChI is InChI=1S/C24H19S2.C19H23.C6BF5.6FH.Sb/c1-4-10-20(11-5-1)25-21-16-18-24(19-17-21)26(22-12-6-2-7-13-22)23-14-8-3-9-15-23;1-14(2)16-8-12-18(13-9-16)19(4,5)17-10-6-15(3)7-11-17;7-1-2(8)4(10)6(12)5(11)3(1)9;;;;;;;/h1-19H;6-14H,4H2,1-3,5H3;;6*1H;/q2*+1;;;;;;;;+5/p-6. The molecule has 0 aliphatic carbocycles. The van der Waals surface area contributed by atoms with E-state index in [0.717, 1.165) is 0 Å². The van der Waals surface area contributed by atoms with E-state index in [9.17, 15) is 36.0 Å². The molecule has 1 atom stereocenters. The van der Waals surface area contributed by atoms with Crippen molar-refractivity contribution in [2.24, 2.45) is 0 Å². The number of halogens is 11. The second kappa shape index (κ2) is 23.4. The zero-order valence-corrected chi connectivity index (χ0v) is 39.1. The fourth-order valence-corrected chi connectivity index (χ4v) is 8.66. The van der Waals surface area contributed by atoms with Crippen LogP contribution in [-0.2, 0) is 16.3 Å². The summed E-state index contributed by atoms with van der Waals surface area (Å²) in [6.07, 6.45) is 0. The monoisotopic (exact) mass is 1040 g/mol. The Morgan fingerprint density at radius 3 is 1.23 bits per heavy atom. The van der Waals surface area contributed by atoms with E-state index in [2.05, 4.69) is 206 Å². The van der Waals surface area contributed by atoms with Crippen molar-refractivity contribution in [1.82, 2.24) is 0 Å².